The minimum Gasteiger partial charge on any atom is -0.478 e. The molecule has 62 valence electrons. The lowest BCUT2D eigenvalue weighted by Crippen LogP contribution is -2.33. The van der Waals surface area contributed by atoms with Gasteiger partial charge in [0.25, 0.3) is 0 Å². The second-order valence-electron chi connectivity index (χ2n) is 2.90. The third-order valence-corrected chi connectivity index (χ3v) is 2.10. The van der Waals surface area contributed by atoms with Gasteiger partial charge in [-0.1, -0.05) is 0 Å². The van der Waals surface area contributed by atoms with Crippen LogP contribution in [0.2, 0.25) is 0 Å². The van der Waals surface area contributed by atoms with E-state index in [1.807, 2.05) is 11.9 Å². The zero-order chi connectivity index (χ0) is 8.27. The van der Waals surface area contributed by atoms with E-state index in [0.29, 0.717) is 6.04 Å². The predicted molar refractivity (Wildman–Crippen MR) is 42.2 cm³/mol. The predicted octanol–water partition coefficient (Wildman–Crippen LogP) is 1.07. The number of carboxylic acids is 1. The number of hydrogen-bond acceptors (Lipinski definition) is 2. The third kappa shape index (κ3) is 2.26. The number of rotatable bonds is 3. The van der Waals surface area contributed by atoms with Gasteiger partial charge in [0.15, 0.2) is 0 Å². The highest BCUT2D eigenvalue weighted by atomic mass is 16.4. The Morgan fingerprint density at radius 3 is 2.64 bits per heavy atom. The van der Waals surface area contributed by atoms with E-state index < -0.39 is 5.97 Å². The van der Waals surface area contributed by atoms with Crippen molar-refractivity contribution in [3.8, 4) is 0 Å². The Morgan fingerprint density at radius 2 is 2.27 bits per heavy atom. The molecule has 0 atom stereocenters. The molecular formula is C8H13NO2. The summed E-state index contributed by atoms with van der Waals surface area (Å²) in [5.41, 5.74) is 0. The van der Waals surface area contributed by atoms with Crippen LogP contribution in [-0.4, -0.2) is 29.1 Å². The summed E-state index contributed by atoms with van der Waals surface area (Å²) in [5, 5.41) is 8.32. The molecule has 0 amide bonds. The van der Waals surface area contributed by atoms with Crippen LogP contribution in [0.5, 0.6) is 0 Å². The van der Waals surface area contributed by atoms with Crippen molar-refractivity contribution in [2.75, 3.05) is 7.05 Å². The average molecular weight is 155 g/mol. The van der Waals surface area contributed by atoms with E-state index in [9.17, 15) is 4.79 Å². The molecule has 0 aromatic heterocycles. The summed E-state index contributed by atoms with van der Waals surface area (Å²) < 4.78 is 0. The van der Waals surface area contributed by atoms with Crippen LogP contribution >= 0.6 is 0 Å². The van der Waals surface area contributed by atoms with Crippen LogP contribution in [-0.2, 0) is 4.79 Å². The number of carbonyl (C=O) groups is 1. The fraction of sp³-hybridized carbons (Fsp3) is 0.625. The topological polar surface area (TPSA) is 40.5 Å². The molecule has 3 heteroatoms. The second-order valence-corrected chi connectivity index (χ2v) is 2.90. The van der Waals surface area contributed by atoms with E-state index in [2.05, 4.69) is 0 Å². The van der Waals surface area contributed by atoms with E-state index in [1.54, 1.807) is 6.20 Å². The van der Waals surface area contributed by atoms with E-state index in [4.69, 9.17) is 5.11 Å². The lowest BCUT2D eigenvalue weighted by molar-refractivity contribution is -0.131. The van der Waals surface area contributed by atoms with Crippen molar-refractivity contribution in [3.63, 3.8) is 0 Å². The first-order valence-corrected chi connectivity index (χ1v) is 3.83. The second kappa shape index (κ2) is 3.42. The Balaban J connectivity index is 2.29. The van der Waals surface area contributed by atoms with Crippen LogP contribution in [0.3, 0.4) is 0 Å². The SMILES string of the molecule is CN(/C=C/C(=O)O)C1CCC1. The highest BCUT2D eigenvalue weighted by molar-refractivity contribution is 5.79. The Kier molecular flexibility index (Phi) is 2.52. The fourth-order valence-electron chi connectivity index (χ4n) is 1.10. The molecule has 0 bridgehead atoms. The summed E-state index contributed by atoms with van der Waals surface area (Å²) in [7, 11) is 1.92. The van der Waals surface area contributed by atoms with Crippen LogP contribution < -0.4 is 0 Å². The van der Waals surface area contributed by atoms with Crippen molar-refractivity contribution in [2.45, 2.75) is 25.3 Å². The molecular weight excluding hydrogens is 142 g/mol. The van der Waals surface area contributed by atoms with Gasteiger partial charge in [-0.25, -0.2) is 4.79 Å². The van der Waals surface area contributed by atoms with Crippen LogP contribution in [0.25, 0.3) is 0 Å². The molecule has 11 heavy (non-hydrogen) atoms. The van der Waals surface area contributed by atoms with Crippen LogP contribution in [0.15, 0.2) is 12.3 Å². The highest BCUT2D eigenvalue weighted by Gasteiger charge is 2.19. The summed E-state index contributed by atoms with van der Waals surface area (Å²) in [5.74, 6) is -0.879. The van der Waals surface area contributed by atoms with Gasteiger partial charge in [0.2, 0.25) is 0 Å². The number of carboxylic acid groups (broad SMARTS) is 1. The summed E-state index contributed by atoms with van der Waals surface area (Å²) in [6.07, 6.45) is 6.47. The van der Waals surface area contributed by atoms with Crippen molar-refractivity contribution < 1.29 is 9.90 Å². The molecule has 1 aliphatic carbocycles. The molecule has 1 fully saturated rings. The molecule has 1 N–H and O–H groups in total. The van der Waals surface area contributed by atoms with Gasteiger partial charge in [0.05, 0.1) is 0 Å². The average Bonchev–Trinajstić information content (AvgIpc) is 1.79. The van der Waals surface area contributed by atoms with E-state index in [0.717, 1.165) is 0 Å². The first-order valence-electron chi connectivity index (χ1n) is 3.83. The monoisotopic (exact) mass is 155 g/mol. The van der Waals surface area contributed by atoms with Gasteiger partial charge in [-0.3, -0.25) is 0 Å². The lowest BCUT2D eigenvalue weighted by Gasteiger charge is -2.33. The van der Waals surface area contributed by atoms with Crippen molar-refractivity contribution >= 4 is 5.97 Å². The Morgan fingerprint density at radius 1 is 1.64 bits per heavy atom. The van der Waals surface area contributed by atoms with Gasteiger partial charge >= 0.3 is 5.97 Å². The maximum absolute atomic E-state index is 10.1. The van der Waals surface area contributed by atoms with Gasteiger partial charge in [-0.2, -0.15) is 0 Å². The molecule has 0 aliphatic heterocycles. The van der Waals surface area contributed by atoms with Crippen LogP contribution in [0, 0.1) is 0 Å². The molecule has 0 unspecified atom stereocenters. The molecule has 0 spiro atoms. The third-order valence-electron chi connectivity index (χ3n) is 2.10. The summed E-state index contributed by atoms with van der Waals surface area (Å²) >= 11 is 0. The highest BCUT2D eigenvalue weighted by Crippen LogP contribution is 2.23. The number of nitrogens with zero attached hydrogens (tertiary/aromatic N) is 1. The van der Waals surface area contributed by atoms with Crippen molar-refractivity contribution in [3.05, 3.63) is 12.3 Å². The fourth-order valence-corrected chi connectivity index (χ4v) is 1.10. The van der Waals surface area contributed by atoms with Gasteiger partial charge in [-0.15, -0.1) is 0 Å². The number of aliphatic carboxylic acids is 1. The van der Waals surface area contributed by atoms with Gasteiger partial charge in [0, 0.05) is 25.4 Å². The summed E-state index contributed by atoms with van der Waals surface area (Å²) in [6, 6.07) is 0.575. The smallest absolute Gasteiger partial charge is 0.329 e. The summed E-state index contributed by atoms with van der Waals surface area (Å²) in [6.45, 7) is 0. The molecule has 1 saturated carbocycles. The standard InChI is InChI=1S/C8H13NO2/c1-9(6-5-8(10)11)7-3-2-4-7/h5-7H,2-4H2,1H3,(H,10,11)/b6-5+. The number of hydrogen-bond donors (Lipinski definition) is 1. The molecule has 3 nitrogen and oxygen atoms in total. The minimum absolute atomic E-state index is 0.575. The molecule has 0 saturated heterocycles. The Labute approximate surface area is 66.3 Å². The van der Waals surface area contributed by atoms with Gasteiger partial charge in [0.1, 0.15) is 0 Å². The molecule has 0 aromatic rings. The quantitative estimate of drug-likeness (QED) is 0.620. The van der Waals surface area contributed by atoms with Crippen molar-refractivity contribution in [1.29, 1.82) is 0 Å². The zero-order valence-corrected chi connectivity index (χ0v) is 6.66. The van der Waals surface area contributed by atoms with Crippen molar-refractivity contribution in [2.24, 2.45) is 0 Å². The largest absolute Gasteiger partial charge is 0.478 e. The maximum Gasteiger partial charge on any atom is 0.329 e. The van der Waals surface area contributed by atoms with E-state index >= 15 is 0 Å². The van der Waals surface area contributed by atoms with E-state index in [-0.39, 0.29) is 0 Å². The van der Waals surface area contributed by atoms with Gasteiger partial charge < -0.3 is 10.0 Å². The molecule has 0 aromatic carbocycles. The van der Waals surface area contributed by atoms with E-state index in [1.165, 1.54) is 25.3 Å². The minimum atomic E-state index is -0.879. The Bertz CT molecular complexity index is 173. The molecule has 0 radical (unpaired) electrons. The van der Waals surface area contributed by atoms with Crippen LogP contribution in [0.4, 0.5) is 0 Å². The summed E-state index contributed by atoms with van der Waals surface area (Å²) in [4.78, 5) is 12.1. The zero-order valence-electron chi connectivity index (χ0n) is 6.66. The van der Waals surface area contributed by atoms with Crippen LogP contribution in [0.1, 0.15) is 19.3 Å². The maximum atomic E-state index is 10.1. The Hall–Kier alpha value is -0.990. The first-order chi connectivity index (χ1) is 5.20. The molecule has 1 aliphatic rings. The molecule has 1 rings (SSSR count). The normalized spacial score (nSPS) is 18.3. The first kappa shape index (κ1) is 8.11. The van der Waals surface area contributed by atoms with Gasteiger partial charge in [-0.05, 0) is 19.3 Å². The van der Waals surface area contributed by atoms with Crippen molar-refractivity contribution in [1.82, 2.24) is 4.90 Å². The lowest BCUT2D eigenvalue weighted by atomic mass is 9.92. The molecule has 0 heterocycles.